The van der Waals surface area contributed by atoms with E-state index in [-0.39, 0.29) is 5.41 Å². The molecule has 0 saturated heterocycles. The highest BCUT2D eigenvalue weighted by Crippen LogP contribution is 2.32. The first-order valence-electron chi connectivity index (χ1n) is 7.06. The molecule has 1 aromatic heterocycles. The molecule has 0 saturated carbocycles. The molecule has 0 aliphatic carbocycles. The van der Waals surface area contributed by atoms with Gasteiger partial charge in [-0.3, -0.25) is 0 Å². The number of hydrogen-bond donors (Lipinski definition) is 2. The van der Waals surface area contributed by atoms with E-state index in [1.807, 2.05) is 12.1 Å². The molecule has 3 N–H and O–H groups in total. The number of aryl methyl sites for hydroxylation is 1. The van der Waals surface area contributed by atoms with Crippen LogP contribution in [0.5, 0.6) is 5.75 Å². The molecule has 2 rings (SSSR count). The van der Waals surface area contributed by atoms with Gasteiger partial charge in [0.2, 0.25) is 0 Å². The van der Waals surface area contributed by atoms with Gasteiger partial charge in [-0.1, -0.05) is 39.0 Å². The molecule has 0 aliphatic heterocycles. The van der Waals surface area contributed by atoms with Crippen molar-refractivity contribution < 1.29 is 4.74 Å². The fraction of sp³-hybridized carbons (Fsp3) is 0.353. The van der Waals surface area contributed by atoms with Gasteiger partial charge in [-0.15, -0.1) is 0 Å². The standard InChI is InChI=1S/C17H23N3O/c1-12-7-8-14(17(2,3)4)15(10-12)21-11-13-6-5-9-19-16(13)20-18/h5-10H,11,18H2,1-4H3,(H,19,20). The normalized spacial score (nSPS) is 11.3. The summed E-state index contributed by atoms with van der Waals surface area (Å²) < 4.78 is 6.04. The highest BCUT2D eigenvalue weighted by molar-refractivity contribution is 5.44. The minimum atomic E-state index is 0.0346. The predicted octanol–water partition coefficient (Wildman–Crippen LogP) is 3.55. The third kappa shape index (κ3) is 3.73. The lowest BCUT2D eigenvalue weighted by atomic mass is 9.86. The summed E-state index contributed by atoms with van der Waals surface area (Å²) in [4.78, 5) is 4.18. The van der Waals surface area contributed by atoms with Crippen molar-refractivity contribution in [2.24, 2.45) is 5.84 Å². The van der Waals surface area contributed by atoms with Crippen LogP contribution in [0, 0.1) is 6.92 Å². The first-order valence-corrected chi connectivity index (χ1v) is 7.06. The molecular formula is C17H23N3O. The van der Waals surface area contributed by atoms with Crippen LogP contribution in [0.3, 0.4) is 0 Å². The number of nitrogens with two attached hydrogens (primary N) is 1. The quantitative estimate of drug-likeness (QED) is 0.666. The lowest BCUT2D eigenvalue weighted by Crippen LogP contribution is -2.15. The molecule has 0 amide bonds. The number of aromatic nitrogens is 1. The zero-order chi connectivity index (χ0) is 15.5. The number of pyridine rings is 1. The van der Waals surface area contributed by atoms with Crippen molar-refractivity contribution in [1.29, 1.82) is 0 Å². The second-order valence-corrected chi connectivity index (χ2v) is 6.19. The predicted molar refractivity (Wildman–Crippen MR) is 86.3 cm³/mol. The first kappa shape index (κ1) is 15.3. The SMILES string of the molecule is Cc1ccc(C(C)(C)C)c(OCc2cccnc2NN)c1. The van der Waals surface area contributed by atoms with Gasteiger partial charge in [-0.05, 0) is 35.6 Å². The number of nitrogens with one attached hydrogen (secondary N) is 1. The van der Waals surface area contributed by atoms with Crippen molar-refractivity contribution in [3.8, 4) is 5.75 Å². The third-order valence-corrected chi connectivity index (χ3v) is 3.36. The highest BCUT2D eigenvalue weighted by Gasteiger charge is 2.19. The van der Waals surface area contributed by atoms with Gasteiger partial charge >= 0.3 is 0 Å². The number of rotatable bonds is 4. The van der Waals surface area contributed by atoms with Crippen molar-refractivity contribution in [2.45, 2.75) is 39.7 Å². The highest BCUT2D eigenvalue weighted by atomic mass is 16.5. The Morgan fingerprint density at radius 3 is 2.67 bits per heavy atom. The van der Waals surface area contributed by atoms with Crippen LogP contribution >= 0.6 is 0 Å². The molecular weight excluding hydrogens is 262 g/mol. The average Bonchev–Trinajstić information content (AvgIpc) is 2.44. The van der Waals surface area contributed by atoms with Crippen molar-refractivity contribution in [3.63, 3.8) is 0 Å². The maximum absolute atomic E-state index is 6.04. The zero-order valence-electron chi connectivity index (χ0n) is 13.1. The smallest absolute Gasteiger partial charge is 0.146 e. The minimum absolute atomic E-state index is 0.0346. The number of hydrogen-bond acceptors (Lipinski definition) is 4. The van der Waals surface area contributed by atoms with E-state index in [4.69, 9.17) is 10.6 Å². The Morgan fingerprint density at radius 1 is 1.24 bits per heavy atom. The van der Waals surface area contributed by atoms with Crippen LogP contribution < -0.4 is 16.0 Å². The van der Waals surface area contributed by atoms with Crippen molar-refractivity contribution >= 4 is 5.82 Å². The van der Waals surface area contributed by atoms with E-state index in [0.717, 1.165) is 11.3 Å². The van der Waals surface area contributed by atoms with E-state index in [9.17, 15) is 0 Å². The Labute approximate surface area is 126 Å². The Kier molecular flexibility index (Phi) is 4.48. The van der Waals surface area contributed by atoms with Crippen LogP contribution in [-0.2, 0) is 12.0 Å². The maximum atomic E-state index is 6.04. The molecule has 0 aliphatic rings. The fourth-order valence-electron chi connectivity index (χ4n) is 2.21. The minimum Gasteiger partial charge on any atom is -0.488 e. The summed E-state index contributed by atoms with van der Waals surface area (Å²) in [6, 6.07) is 10.2. The number of nitrogens with zero attached hydrogens (tertiary/aromatic N) is 1. The largest absolute Gasteiger partial charge is 0.488 e. The number of hydrazine groups is 1. The van der Waals surface area contributed by atoms with E-state index in [0.29, 0.717) is 12.4 Å². The fourth-order valence-corrected chi connectivity index (χ4v) is 2.21. The van der Waals surface area contributed by atoms with Crippen LogP contribution in [0.2, 0.25) is 0 Å². The topological polar surface area (TPSA) is 60.2 Å². The molecule has 21 heavy (non-hydrogen) atoms. The lowest BCUT2D eigenvalue weighted by molar-refractivity contribution is 0.297. The number of nitrogen functional groups attached to an aromatic ring is 1. The molecule has 0 fully saturated rings. The molecule has 112 valence electrons. The molecule has 0 radical (unpaired) electrons. The zero-order valence-corrected chi connectivity index (χ0v) is 13.1. The van der Waals surface area contributed by atoms with Crippen LogP contribution in [0.25, 0.3) is 0 Å². The van der Waals surface area contributed by atoms with Gasteiger partial charge in [0.25, 0.3) is 0 Å². The lowest BCUT2D eigenvalue weighted by Gasteiger charge is -2.23. The van der Waals surface area contributed by atoms with Crippen LogP contribution in [-0.4, -0.2) is 4.98 Å². The van der Waals surface area contributed by atoms with Gasteiger partial charge in [0.1, 0.15) is 18.2 Å². The van der Waals surface area contributed by atoms with E-state index in [2.05, 4.69) is 56.3 Å². The molecule has 0 unspecified atom stereocenters. The summed E-state index contributed by atoms with van der Waals surface area (Å²) in [7, 11) is 0. The Bertz CT molecular complexity index is 618. The molecule has 4 heteroatoms. The van der Waals surface area contributed by atoms with Gasteiger partial charge in [-0.2, -0.15) is 0 Å². The van der Waals surface area contributed by atoms with E-state index in [1.54, 1.807) is 6.20 Å². The van der Waals surface area contributed by atoms with Crippen LogP contribution in [0.15, 0.2) is 36.5 Å². The molecule has 1 heterocycles. The Morgan fingerprint density at radius 2 is 2.00 bits per heavy atom. The second kappa shape index (κ2) is 6.14. The van der Waals surface area contributed by atoms with E-state index >= 15 is 0 Å². The van der Waals surface area contributed by atoms with E-state index in [1.165, 1.54) is 11.1 Å². The maximum Gasteiger partial charge on any atom is 0.146 e. The molecule has 0 atom stereocenters. The summed E-state index contributed by atoms with van der Waals surface area (Å²) in [6.45, 7) is 9.04. The molecule has 2 aromatic rings. The van der Waals surface area contributed by atoms with Gasteiger partial charge < -0.3 is 10.2 Å². The number of anilines is 1. The van der Waals surface area contributed by atoms with Crippen molar-refractivity contribution in [3.05, 3.63) is 53.2 Å². The van der Waals surface area contributed by atoms with Gasteiger partial charge in [-0.25, -0.2) is 10.8 Å². The summed E-state index contributed by atoms with van der Waals surface area (Å²) in [5.74, 6) is 7.03. The summed E-state index contributed by atoms with van der Waals surface area (Å²) >= 11 is 0. The second-order valence-electron chi connectivity index (χ2n) is 6.19. The molecule has 1 aromatic carbocycles. The van der Waals surface area contributed by atoms with Crippen molar-refractivity contribution in [1.82, 2.24) is 4.98 Å². The first-order chi connectivity index (χ1) is 9.91. The monoisotopic (exact) mass is 285 g/mol. The average molecular weight is 285 g/mol. The van der Waals surface area contributed by atoms with Crippen LogP contribution in [0.4, 0.5) is 5.82 Å². The van der Waals surface area contributed by atoms with Crippen molar-refractivity contribution in [2.75, 3.05) is 5.43 Å². The van der Waals surface area contributed by atoms with E-state index < -0.39 is 0 Å². The Hall–Kier alpha value is -2.07. The summed E-state index contributed by atoms with van der Waals surface area (Å²) in [6.07, 6.45) is 1.70. The molecule has 0 spiro atoms. The third-order valence-electron chi connectivity index (χ3n) is 3.36. The van der Waals surface area contributed by atoms with Gasteiger partial charge in [0.05, 0.1) is 0 Å². The van der Waals surface area contributed by atoms with Crippen LogP contribution in [0.1, 0.15) is 37.5 Å². The van der Waals surface area contributed by atoms with Gasteiger partial charge in [0, 0.05) is 11.8 Å². The molecule has 4 nitrogen and oxygen atoms in total. The summed E-state index contributed by atoms with van der Waals surface area (Å²) in [5.41, 5.74) is 5.94. The molecule has 0 bridgehead atoms. The summed E-state index contributed by atoms with van der Waals surface area (Å²) in [5, 5.41) is 0. The number of ether oxygens (including phenoxy) is 1. The Balaban J connectivity index is 2.25. The number of benzene rings is 1. The van der Waals surface area contributed by atoms with Gasteiger partial charge in [0.15, 0.2) is 0 Å².